The number of ether oxygens (including phenoxy) is 1. The fourth-order valence-electron chi connectivity index (χ4n) is 2.36. The lowest BCUT2D eigenvalue weighted by molar-refractivity contribution is 0.340. The SMILES string of the molecule is CCOc1cccc(N2CCNCC2)c1.NSc1ccccc1. The van der Waals surface area contributed by atoms with Crippen molar-refractivity contribution in [2.45, 2.75) is 11.8 Å². The van der Waals surface area contributed by atoms with Crippen LogP contribution in [0, 0.1) is 0 Å². The standard InChI is InChI=1S/C12H18N2O.C6H7NS/c1-2-15-12-5-3-4-11(10-12)14-8-6-13-7-9-14;7-8-6-4-2-1-3-5-6/h3-5,10,13H,2,6-9H2,1H3;1-5H,7H2. The average Bonchev–Trinajstić information content (AvgIpc) is 2.64. The molecule has 3 rings (SSSR count). The van der Waals surface area contributed by atoms with Crippen molar-refractivity contribution in [1.29, 1.82) is 0 Å². The maximum atomic E-state index is 5.50. The molecule has 2 aromatic carbocycles. The van der Waals surface area contributed by atoms with Gasteiger partial charge in [-0.25, -0.2) is 0 Å². The lowest BCUT2D eigenvalue weighted by atomic mass is 10.2. The van der Waals surface area contributed by atoms with Gasteiger partial charge in [0.05, 0.1) is 6.61 Å². The highest BCUT2D eigenvalue weighted by Crippen LogP contribution is 2.21. The summed E-state index contributed by atoms with van der Waals surface area (Å²) in [5.41, 5.74) is 1.27. The molecule has 0 radical (unpaired) electrons. The Bertz CT molecular complexity index is 559. The van der Waals surface area contributed by atoms with Crippen molar-refractivity contribution in [3.05, 3.63) is 54.6 Å². The minimum absolute atomic E-state index is 0.727. The topological polar surface area (TPSA) is 50.5 Å². The second kappa shape index (κ2) is 10.2. The maximum Gasteiger partial charge on any atom is 0.121 e. The largest absolute Gasteiger partial charge is 0.494 e. The van der Waals surface area contributed by atoms with E-state index in [1.807, 2.05) is 43.3 Å². The van der Waals surface area contributed by atoms with E-state index >= 15 is 0 Å². The Morgan fingerprint density at radius 2 is 1.83 bits per heavy atom. The van der Waals surface area contributed by atoms with Gasteiger partial charge in [0.1, 0.15) is 5.75 Å². The van der Waals surface area contributed by atoms with Crippen LogP contribution in [0.5, 0.6) is 5.75 Å². The fraction of sp³-hybridized carbons (Fsp3) is 0.333. The second-order valence-corrected chi connectivity index (χ2v) is 5.81. The molecule has 0 atom stereocenters. The first-order valence-corrected chi connectivity index (χ1v) is 8.81. The Morgan fingerprint density at radius 1 is 1.09 bits per heavy atom. The molecule has 0 bridgehead atoms. The molecule has 1 saturated heterocycles. The number of anilines is 1. The molecule has 0 aliphatic carbocycles. The number of nitrogens with two attached hydrogens (primary N) is 1. The molecule has 0 saturated carbocycles. The van der Waals surface area contributed by atoms with Crippen molar-refractivity contribution in [2.24, 2.45) is 5.14 Å². The average molecular weight is 331 g/mol. The molecule has 124 valence electrons. The predicted molar refractivity (Wildman–Crippen MR) is 99.2 cm³/mol. The third kappa shape index (κ3) is 6.14. The normalized spacial score (nSPS) is 13.9. The third-order valence-corrected chi connectivity index (χ3v) is 4.03. The van der Waals surface area contributed by atoms with Crippen molar-refractivity contribution in [2.75, 3.05) is 37.7 Å². The number of piperazine rings is 1. The molecule has 2 aromatic rings. The molecule has 0 spiro atoms. The van der Waals surface area contributed by atoms with Gasteiger partial charge in [-0.1, -0.05) is 24.3 Å². The monoisotopic (exact) mass is 331 g/mol. The summed E-state index contributed by atoms with van der Waals surface area (Å²) in [5.74, 6) is 0.966. The van der Waals surface area contributed by atoms with Gasteiger partial charge in [0.25, 0.3) is 0 Å². The van der Waals surface area contributed by atoms with E-state index in [4.69, 9.17) is 9.88 Å². The summed E-state index contributed by atoms with van der Waals surface area (Å²) >= 11 is 1.27. The van der Waals surface area contributed by atoms with Crippen molar-refractivity contribution in [3.63, 3.8) is 0 Å². The van der Waals surface area contributed by atoms with E-state index in [1.54, 1.807) is 0 Å². The van der Waals surface area contributed by atoms with Crippen molar-refractivity contribution in [1.82, 2.24) is 5.32 Å². The van der Waals surface area contributed by atoms with Crippen LogP contribution in [0.25, 0.3) is 0 Å². The first-order chi connectivity index (χ1) is 11.3. The second-order valence-electron chi connectivity index (χ2n) is 5.10. The zero-order chi connectivity index (χ0) is 16.3. The Morgan fingerprint density at radius 3 is 2.43 bits per heavy atom. The Labute approximate surface area is 143 Å². The van der Waals surface area contributed by atoms with Crippen molar-refractivity contribution >= 4 is 17.6 Å². The quantitative estimate of drug-likeness (QED) is 0.843. The zero-order valence-electron chi connectivity index (χ0n) is 13.6. The summed E-state index contributed by atoms with van der Waals surface area (Å²) in [6.07, 6.45) is 0. The van der Waals surface area contributed by atoms with Crippen LogP contribution >= 0.6 is 11.9 Å². The third-order valence-electron chi connectivity index (χ3n) is 3.49. The van der Waals surface area contributed by atoms with E-state index in [9.17, 15) is 0 Å². The first kappa shape index (κ1) is 17.7. The van der Waals surface area contributed by atoms with Gasteiger partial charge >= 0.3 is 0 Å². The summed E-state index contributed by atoms with van der Waals surface area (Å²) < 4.78 is 5.50. The first-order valence-electron chi connectivity index (χ1n) is 7.93. The Balaban J connectivity index is 0.000000203. The molecule has 1 heterocycles. The van der Waals surface area contributed by atoms with Crippen LogP contribution in [0.4, 0.5) is 5.69 Å². The van der Waals surface area contributed by atoms with Gasteiger partial charge in [0.15, 0.2) is 0 Å². The van der Waals surface area contributed by atoms with Crippen LogP contribution in [0.3, 0.4) is 0 Å². The van der Waals surface area contributed by atoms with Gasteiger partial charge in [0, 0.05) is 42.8 Å². The van der Waals surface area contributed by atoms with Gasteiger partial charge in [-0.2, -0.15) is 0 Å². The molecule has 1 fully saturated rings. The van der Waals surface area contributed by atoms with E-state index in [0.717, 1.165) is 43.4 Å². The highest BCUT2D eigenvalue weighted by molar-refractivity contribution is 7.97. The molecule has 0 aromatic heterocycles. The van der Waals surface area contributed by atoms with E-state index < -0.39 is 0 Å². The van der Waals surface area contributed by atoms with Gasteiger partial charge in [-0.15, -0.1) is 0 Å². The number of hydrogen-bond acceptors (Lipinski definition) is 5. The summed E-state index contributed by atoms with van der Waals surface area (Å²) in [6, 6.07) is 18.2. The number of rotatable bonds is 4. The molecule has 23 heavy (non-hydrogen) atoms. The van der Waals surface area contributed by atoms with Crippen LogP contribution < -0.4 is 20.1 Å². The lowest BCUT2D eigenvalue weighted by Gasteiger charge is -2.29. The Hall–Kier alpha value is -1.69. The summed E-state index contributed by atoms with van der Waals surface area (Å²) in [4.78, 5) is 3.49. The molecule has 4 nitrogen and oxygen atoms in total. The molecule has 5 heteroatoms. The molecule has 3 N–H and O–H groups in total. The van der Waals surface area contributed by atoms with E-state index in [1.165, 1.54) is 17.6 Å². The van der Waals surface area contributed by atoms with Crippen LogP contribution in [0.2, 0.25) is 0 Å². The number of nitrogens with one attached hydrogen (secondary N) is 1. The van der Waals surface area contributed by atoms with Gasteiger partial charge in [0.2, 0.25) is 0 Å². The number of nitrogens with zero attached hydrogens (tertiary/aromatic N) is 1. The predicted octanol–water partition coefficient (Wildman–Crippen LogP) is 3.15. The van der Waals surface area contributed by atoms with Gasteiger partial charge < -0.3 is 15.0 Å². The smallest absolute Gasteiger partial charge is 0.121 e. The fourth-order valence-corrected chi connectivity index (χ4v) is 2.67. The van der Waals surface area contributed by atoms with Gasteiger partial charge in [-0.3, -0.25) is 5.14 Å². The van der Waals surface area contributed by atoms with E-state index in [0.29, 0.717) is 0 Å². The molecule has 1 aliphatic heterocycles. The van der Waals surface area contributed by atoms with Crippen molar-refractivity contribution in [3.8, 4) is 5.75 Å². The van der Waals surface area contributed by atoms with Crippen LogP contribution in [0.15, 0.2) is 59.5 Å². The lowest BCUT2D eigenvalue weighted by Crippen LogP contribution is -2.43. The van der Waals surface area contributed by atoms with E-state index in [2.05, 4.69) is 28.4 Å². The minimum atomic E-state index is 0.727. The highest BCUT2D eigenvalue weighted by atomic mass is 32.2. The summed E-state index contributed by atoms with van der Waals surface area (Å²) in [6.45, 7) is 7.03. The van der Waals surface area contributed by atoms with Crippen LogP contribution in [0.1, 0.15) is 6.92 Å². The number of hydrogen-bond donors (Lipinski definition) is 2. The highest BCUT2D eigenvalue weighted by Gasteiger charge is 2.10. The van der Waals surface area contributed by atoms with E-state index in [-0.39, 0.29) is 0 Å². The summed E-state index contributed by atoms with van der Waals surface area (Å²) in [5, 5.41) is 8.62. The molecular weight excluding hydrogens is 306 g/mol. The van der Waals surface area contributed by atoms with Crippen molar-refractivity contribution < 1.29 is 4.74 Å². The van der Waals surface area contributed by atoms with Crippen LogP contribution in [-0.2, 0) is 0 Å². The molecule has 0 amide bonds. The van der Waals surface area contributed by atoms with Crippen LogP contribution in [-0.4, -0.2) is 32.8 Å². The Kier molecular flexibility index (Phi) is 7.80. The van der Waals surface area contributed by atoms with Gasteiger partial charge in [-0.05, 0) is 43.1 Å². The molecular formula is C18H25N3OS. The zero-order valence-corrected chi connectivity index (χ0v) is 14.4. The number of benzene rings is 2. The minimum Gasteiger partial charge on any atom is -0.494 e. The molecule has 0 unspecified atom stereocenters. The summed E-state index contributed by atoms with van der Waals surface area (Å²) in [7, 11) is 0. The molecule has 1 aliphatic rings. The maximum absolute atomic E-state index is 5.50.